The Balaban J connectivity index is 1.77. The van der Waals surface area contributed by atoms with Crippen LogP contribution in [-0.2, 0) is 10.0 Å². The first-order valence-electron chi connectivity index (χ1n) is 8.50. The molecule has 1 N–H and O–H groups in total. The van der Waals surface area contributed by atoms with E-state index in [1.54, 1.807) is 30.0 Å². The molecule has 3 rings (SSSR count). The number of nitrogens with one attached hydrogen (secondary N) is 1. The number of hydrogen-bond acceptors (Lipinski definition) is 4. The zero-order valence-corrected chi connectivity index (χ0v) is 16.7. The van der Waals surface area contributed by atoms with Crippen LogP contribution in [0.1, 0.15) is 36.6 Å². The van der Waals surface area contributed by atoms with E-state index in [1.807, 2.05) is 25.1 Å². The molecule has 0 radical (unpaired) electrons. The highest BCUT2D eigenvalue weighted by Gasteiger charge is 2.23. The van der Waals surface area contributed by atoms with E-state index in [0.29, 0.717) is 0 Å². The number of hydrogen-bond donors (Lipinski definition) is 1. The van der Waals surface area contributed by atoms with Crippen LogP contribution in [0.5, 0.6) is 0 Å². The van der Waals surface area contributed by atoms with Gasteiger partial charge in [0, 0.05) is 31.1 Å². The highest BCUT2D eigenvalue weighted by Crippen LogP contribution is 2.37. The van der Waals surface area contributed by atoms with Gasteiger partial charge in [-0.25, -0.2) is 17.1 Å². The van der Waals surface area contributed by atoms with Gasteiger partial charge in [0.25, 0.3) is 0 Å². The van der Waals surface area contributed by atoms with E-state index in [0.717, 1.165) is 28.2 Å². The van der Waals surface area contributed by atoms with Crippen molar-refractivity contribution < 1.29 is 12.8 Å². The second-order valence-electron chi connectivity index (χ2n) is 6.62. The molecule has 0 unspecified atom stereocenters. The Hall–Kier alpha value is -1.41. The van der Waals surface area contributed by atoms with Gasteiger partial charge >= 0.3 is 0 Å². The largest absolute Gasteiger partial charge is 0.303 e. The molecule has 140 valence electrons. The fraction of sp³-hybridized carbons (Fsp3) is 0.368. The molecular weight excluding hydrogens is 371 g/mol. The van der Waals surface area contributed by atoms with Gasteiger partial charge in [-0.15, -0.1) is 11.8 Å². The molecular formula is C19H23FN2O2S2. The summed E-state index contributed by atoms with van der Waals surface area (Å²) in [6.07, 6.45) is 0.929. The molecule has 0 spiro atoms. The summed E-state index contributed by atoms with van der Waals surface area (Å²) in [5, 5.41) is 3.56. The van der Waals surface area contributed by atoms with Crippen molar-refractivity contribution in [1.29, 1.82) is 0 Å². The predicted octanol–water partition coefficient (Wildman–Crippen LogP) is 3.96. The van der Waals surface area contributed by atoms with Crippen molar-refractivity contribution in [2.24, 2.45) is 0 Å². The summed E-state index contributed by atoms with van der Waals surface area (Å²) in [6.45, 7) is 2.04. The summed E-state index contributed by atoms with van der Waals surface area (Å²) in [5.41, 5.74) is 2.00. The normalized spacial score (nSPS) is 18.6. The van der Waals surface area contributed by atoms with Gasteiger partial charge in [0.1, 0.15) is 5.82 Å². The van der Waals surface area contributed by atoms with Crippen LogP contribution in [0.2, 0.25) is 0 Å². The molecule has 0 saturated heterocycles. The second kappa shape index (κ2) is 7.68. The van der Waals surface area contributed by atoms with Crippen LogP contribution in [0.15, 0.2) is 52.3 Å². The molecule has 1 heterocycles. The van der Waals surface area contributed by atoms with Crippen molar-refractivity contribution in [2.45, 2.75) is 35.2 Å². The molecule has 1 aliphatic heterocycles. The maximum atomic E-state index is 13.7. The lowest BCUT2D eigenvalue weighted by molar-refractivity contribution is 0.447. The summed E-state index contributed by atoms with van der Waals surface area (Å²) >= 11 is 1.75. The monoisotopic (exact) mass is 394 g/mol. The molecule has 0 aliphatic carbocycles. The van der Waals surface area contributed by atoms with Gasteiger partial charge in [-0.05, 0) is 60.6 Å². The first kappa shape index (κ1) is 19.4. The van der Waals surface area contributed by atoms with E-state index in [9.17, 15) is 12.8 Å². The van der Waals surface area contributed by atoms with Crippen LogP contribution in [0.25, 0.3) is 0 Å². The predicted molar refractivity (Wildman–Crippen MR) is 103 cm³/mol. The van der Waals surface area contributed by atoms with Crippen LogP contribution < -0.4 is 5.32 Å². The number of fused-ring (bicyclic) bond motifs is 1. The van der Waals surface area contributed by atoms with Gasteiger partial charge in [-0.3, -0.25) is 0 Å². The van der Waals surface area contributed by atoms with Crippen molar-refractivity contribution in [1.82, 2.24) is 9.62 Å². The zero-order chi connectivity index (χ0) is 18.9. The Morgan fingerprint density at radius 3 is 2.54 bits per heavy atom. The zero-order valence-electron chi connectivity index (χ0n) is 15.1. The number of thioether (sulfide) groups is 1. The third kappa shape index (κ3) is 3.96. The molecule has 7 heteroatoms. The summed E-state index contributed by atoms with van der Waals surface area (Å²) in [5.74, 6) is 0.771. The Morgan fingerprint density at radius 1 is 1.19 bits per heavy atom. The van der Waals surface area contributed by atoms with Crippen LogP contribution >= 0.6 is 11.8 Å². The number of halogens is 1. The van der Waals surface area contributed by atoms with Crippen LogP contribution in [-0.4, -0.2) is 32.6 Å². The van der Waals surface area contributed by atoms with Crippen molar-refractivity contribution in [2.75, 3.05) is 19.8 Å². The molecule has 2 atom stereocenters. The van der Waals surface area contributed by atoms with Crippen LogP contribution in [0, 0.1) is 5.82 Å². The lowest BCUT2D eigenvalue weighted by Gasteiger charge is -2.29. The lowest BCUT2D eigenvalue weighted by atomic mass is 10.0. The molecule has 0 fully saturated rings. The molecule has 0 aromatic heterocycles. The van der Waals surface area contributed by atoms with Crippen LogP contribution in [0.4, 0.5) is 4.39 Å². The number of nitrogens with zero attached hydrogens (tertiary/aromatic N) is 1. The van der Waals surface area contributed by atoms with E-state index in [-0.39, 0.29) is 22.8 Å². The minimum absolute atomic E-state index is 0.0235. The van der Waals surface area contributed by atoms with Gasteiger partial charge in [0.15, 0.2) is 0 Å². The smallest absolute Gasteiger partial charge is 0.242 e. The number of benzene rings is 2. The number of sulfonamides is 1. The fourth-order valence-electron chi connectivity index (χ4n) is 3.08. The Labute approximate surface area is 158 Å². The summed E-state index contributed by atoms with van der Waals surface area (Å²) in [4.78, 5) is 1.40. The molecule has 4 nitrogen and oxygen atoms in total. The first-order valence-corrected chi connectivity index (χ1v) is 10.9. The molecule has 0 amide bonds. The van der Waals surface area contributed by atoms with E-state index in [4.69, 9.17) is 0 Å². The van der Waals surface area contributed by atoms with Gasteiger partial charge in [0.05, 0.1) is 4.90 Å². The summed E-state index contributed by atoms with van der Waals surface area (Å²) in [6, 6.07) is 12.0. The van der Waals surface area contributed by atoms with E-state index >= 15 is 0 Å². The third-order valence-corrected chi connectivity index (χ3v) is 7.57. The van der Waals surface area contributed by atoms with E-state index in [2.05, 4.69) is 5.32 Å². The topological polar surface area (TPSA) is 49.4 Å². The fourth-order valence-corrected chi connectivity index (χ4v) is 5.08. The van der Waals surface area contributed by atoms with E-state index < -0.39 is 10.0 Å². The summed E-state index contributed by atoms with van der Waals surface area (Å²) in [7, 11) is -0.385. The Kier molecular flexibility index (Phi) is 5.72. The third-order valence-electron chi connectivity index (χ3n) is 4.62. The van der Waals surface area contributed by atoms with Gasteiger partial charge in [-0.1, -0.05) is 12.1 Å². The maximum Gasteiger partial charge on any atom is 0.242 e. The quantitative estimate of drug-likeness (QED) is 0.834. The Bertz CT molecular complexity index is 883. The molecule has 0 saturated carbocycles. The van der Waals surface area contributed by atoms with Crippen molar-refractivity contribution >= 4 is 21.8 Å². The van der Waals surface area contributed by atoms with Crippen molar-refractivity contribution in [3.63, 3.8) is 0 Å². The second-order valence-corrected chi connectivity index (χ2v) is 9.91. The van der Waals surface area contributed by atoms with Gasteiger partial charge in [-0.2, -0.15) is 0 Å². The molecule has 1 aliphatic rings. The Morgan fingerprint density at radius 2 is 1.88 bits per heavy atom. The van der Waals surface area contributed by atoms with Crippen molar-refractivity contribution in [3.8, 4) is 0 Å². The summed E-state index contributed by atoms with van der Waals surface area (Å²) < 4.78 is 39.2. The van der Waals surface area contributed by atoms with Gasteiger partial charge < -0.3 is 5.32 Å². The SMILES string of the molecule is C[C@@H](N[C@H]1CCSc2ccc(F)cc21)c1ccc(S(=O)(=O)N(C)C)cc1. The highest BCUT2D eigenvalue weighted by atomic mass is 32.2. The molecule has 0 bridgehead atoms. The minimum Gasteiger partial charge on any atom is -0.303 e. The van der Waals surface area contributed by atoms with E-state index in [1.165, 1.54) is 24.5 Å². The van der Waals surface area contributed by atoms with Gasteiger partial charge in [0.2, 0.25) is 10.0 Å². The highest BCUT2D eigenvalue weighted by molar-refractivity contribution is 7.99. The number of rotatable bonds is 5. The average Bonchev–Trinajstić information content (AvgIpc) is 2.62. The maximum absolute atomic E-state index is 13.7. The molecule has 2 aromatic carbocycles. The lowest BCUT2D eigenvalue weighted by Crippen LogP contribution is -2.27. The molecule has 26 heavy (non-hydrogen) atoms. The standard InChI is InChI=1S/C19H23FN2O2S2/c1-13(14-4-7-16(8-5-14)26(23,24)22(2)3)21-18-10-11-25-19-9-6-15(20)12-17(18)19/h4-9,12-13,18,21H,10-11H2,1-3H3/t13-,18+/m1/s1. The van der Waals surface area contributed by atoms with Crippen LogP contribution in [0.3, 0.4) is 0 Å². The average molecular weight is 395 g/mol. The first-order chi connectivity index (χ1) is 12.3. The minimum atomic E-state index is -3.42. The van der Waals surface area contributed by atoms with Crippen molar-refractivity contribution in [3.05, 3.63) is 59.4 Å². The molecule has 2 aromatic rings.